The molecule has 0 spiro atoms. The van der Waals surface area contributed by atoms with Gasteiger partial charge in [-0.05, 0) is 30.4 Å². The van der Waals surface area contributed by atoms with Crippen LogP contribution in [0.1, 0.15) is 23.4 Å². The second-order valence-electron chi connectivity index (χ2n) is 4.16. The van der Waals surface area contributed by atoms with Crippen molar-refractivity contribution < 1.29 is 4.79 Å². The highest BCUT2D eigenvalue weighted by molar-refractivity contribution is 7.09. The molecule has 5 heteroatoms. The first-order valence-electron chi connectivity index (χ1n) is 6.01. The third-order valence-corrected chi connectivity index (χ3v) is 3.73. The lowest BCUT2D eigenvalue weighted by molar-refractivity contribution is -0.121. The molecule has 0 aromatic carbocycles. The first kappa shape index (κ1) is 12.8. The van der Waals surface area contributed by atoms with Crippen molar-refractivity contribution in [3.8, 4) is 0 Å². The second-order valence-corrected chi connectivity index (χ2v) is 5.19. The van der Waals surface area contributed by atoms with Gasteiger partial charge in [0.2, 0.25) is 5.91 Å². The zero-order valence-electron chi connectivity index (χ0n) is 10.4. The second kappa shape index (κ2) is 6.35. The van der Waals surface area contributed by atoms with Crippen molar-refractivity contribution in [3.05, 3.63) is 40.3 Å². The van der Waals surface area contributed by atoms with E-state index in [1.807, 2.05) is 19.2 Å². The Labute approximate surface area is 111 Å². The van der Waals surface area contributed by atoms with Gasteiger partial charge in [0.1, 0.15) is 0 Å². The molecule has 1 N–H and O–H groups in total. The molecule has 0 aliphatic heterocycles. The fourth-order valence-corrected chi connectivity index (χ4v) is 2.48. The van der Waals surface area contributed by atoms with Crippen LogP contribution in [0.15, 0.2) is 29.8 Å². The molecule has 2 aromatic rings. The smallest absolute Gasteiger partial charge is 0.220 e. The van der Waals surface area contributed by atoms with Crippen LogP contribution in [-0.4, -0.2) is 15.7 Å². The molecule has 4 nitrogen and oxygen atoms in total. The number of nitrogens with one attached hydrogen (secondary N) is 1. The van der Waals surface area contributed by atoms with E-state index in [9.17, 15) is 4.79 Å². The quantitative estimate of drug-likeness (QED) is 0.867. The number of rotatable bonds is 6. The molecule has 0 bridgehead atoms. The fourth-order valence-electron chi connectivity index (χ4n) is 1.73. The van der Waals surface area contributed by atoms with E-state index in [-0.39, 0.29) is 5.91 Å². The van der Waals surface area contributed by atoms with Crippen molar-refractivity contribution in [1.82, 2.24) is 15.1 Å². The van der Waals surface area contributed by atoms with Gasteiger partial charge < -0.3 is 5.32 Å². The van der Waals surface area contributed by atoms with Gasteiger partial charge in [-0.3, -0.25) is 9.48 Å². The molecule has 0 radical (unpaired) electrons. The topological polar surface area (TPSA) is 46.9 Å². The minimum absolute atomic E-state index is 0.104. The van der Waals surface area contributed by atoms with Crippen molar-refractivity contribution >= 4 is 17.2 Å². The lowest BCUT2D eigenvalue weighted by atomic mass is 10.2. The van der Waals surface area contributed by atoms with E-state index < -0.39 is 0 Å². The van der Waals surface area contributed by atoms with Gasteiger partial charge >= 0.3 is 0 Å². The van der Waals surface area contributed by atoms with Crippen LogP contribution in [0, 0.1) is 0 Å². The molecule has 96 valence electrons. The van der Waals surface area contributed by atoms with E-state index in [1.54, 1.807) is 22.2 Å². The van der Waals surface area contributed by atoms with Crippen LogP contribution in [0.2, 0.25) is 0 Å². The van der Waals surface area contributed by atoms with Crippen LogP contribution in [0.25, 0.3) is 0 Å². The van der Waals surface area contributed by atoms with Crippen LogP contribution in [0.4, 0.5) is 0 Å². The molecule has 0 unspecified atom stereocenters. The van der Waals surface area contributed by atoms with Crippen LogP contribution in [0.5, 0.6) is 0 Å². The number of aryl methyl sites for hydroxylation is 2. The normalized spacial score (nSPS) is 10.5. The van der Waals surface area contributed by atoms with Gasteiger partial charge in [-0.2, -0.15) is 5.10 Å². The highest BCUT2D eigenvalue weighted by Crippen LogP contribution is 2.11. The number of carbonyl (C=O) groups excluding carboxylic acids is 1. The van der Waals surface area contributed by atoms with Crippen molar-refractivity contribution in [2.24, 2.45) is 7.05 Å². The van der Waals surface area contributed by atoms with E-state index in [1.165, 1.54) is 4.88 Å². The Balaban J connectivity index is 1.65. The zero-order valence-corrected chi connectivity index (χ0v) is 11.2. The van der Waals surface area contributed by atoms with E-state index in [0.717, 1.165) is 18.5 Å². The Bertz CT molecular complexity index is 490. The van der Waals surface area contributed by atoms with Crippen LogP contribution in [-0.2, 0) is 24.8 Å². The fraction of sp³-hybridized carbons (Fsp3) is 0.385. The van der Waals surface area contributed by atoms with Gasteiger partial charge in [0.05, 0.1) is 12.2 Å². The minimum Gasteiger partial charge on any atom is -0.350 e. The van der Waals surface area contributed by atoms with Gasteiger partial charge in [-0.15, -0.1) is 11.3 Å². The van der Waals surface area contributed by atoms with Crippen molar-refractivity contribution in [1.29, 1.82) is 0 Å². The molecule has 0 saturated carbocycles. The van der Waals surface area contributed by atoms with Gasteiger partial charge in [0.15, 0.2) is 0 Å². The molecule has 0 aliphatic carbocycles. The Hall–Kier alpha value is -1.62. The Kier molecular flexibility index (Phi) is 4.52. The van der Waals surface area contributed by atoms with Gasteiger partial charge in [-0.1, -0.05) is 6.07 Å². The molecule has 18 heavy (non-hydrogen) atoms. The lowest BCUT2D eigenvalue weighted by Crippen LogP contribution is -2.23. The Morgan fingerprint density at radius 2 is 2.39 bits per heavy atom. The van der Waals surface area contributed by atoms with E-state index in [2.05, 4.69) is 21.9 Å². The summed E-state index contributed by atoms with van der Waals surface area (Å²) >= 11 is 1.74. The Morgan fingerprint density at radius 1 is 1.50 bits per heavy atom. The third-order valence-electron chi connectivity index (χ3n) is 2.80. The summed E-state index contributed by atoms with van der Waals surface area (Å²) in [6.45, 7) is 0.550. The SMILES string of the molecule is Cn1nccc1CNC(=O)CCCc1cccs1. The molecule has 1 amide bonds. The van der Waals surface area contributed by atoms with Gasteiger partial charge in [-0.25, -0.2) is 0 Å². The summed E-state index contributed by atoms with van der Waals surface area (Å²) < 4.78 is 1.77. The number of carbonyl (C=O) groups is 1. The minimum atomic E-state index is 0.104. The summed E-state index contributed by atoms with van der Waals surface area (Å²) in [6.07, 6.45) is 4.20. The molecule has 2 heterocycles. The third kappa shape index (κ3) is 3.70. The average Bonchev–Trinajstić information content (AvgIpc) is 2.98. The van der Waals surface area contributed by atoms with E-state index in [4.69, 9.17) is 0 Å². The predicted molar refractivity (Wildman–Crippen MR) is 72.3 cm³/mol. The number of aromatic nitrogens is 2. The maximum Gasteiger partial charge on any atom is 0.220 e. The molecular weight excluding hydrogens is 246 g/mol. The van der Waals surface area contributed by atoms with Crippen molar-refractivity contribution in [2.45, 2.75) is 25.8 Å². The number of amides is 1. The number of thiophene rings is 1. The van der Waals surface area contributed by atoms with E-state index in [0.29, 0.717) is 13.0 Å². The van der Waals surface area contributed by atoms with Crippen LogP contribution in [0.3, 0.4) is 0 Å². The monoisotopic (exact) mass is 263 g/mol. The highest BCUT2D eigenvalue weighted by Gasteiger charge is 2.04. The predicted octanol–water partition coefficient (Wildman–Crippen LogP) is 2.12. The van der Waals surface area contributed by atoms with Crippen LogP contribution >= 0.6 is 11.3 Å². The van der Waals surface area contributed by atoms with Crippen molar-refractivity contribution in [3.63, 3.8) is 0 Å². The molecular formula is C13H17N3OS. The maximum atomic E-state index is 11.6. The molecule has 2 rings (SSSR count). The molecule has 0 saturated heterocycles. The standard InChI is InChI=1S/C13H17N3OS/c1-16-11(7-8-15-16)10-14-13(17)6-2-4-12-5-3-9-18-12/h3,5,7-9H,2,4,6,10H2,1H3,(H,14,17). The molecule has 2 aromatic heterocycles. The van der Waals surface area contributed by atoms with E-state index >= 15 is 0 Å². The zero-order chi connectivity index (χ0) is 12.8. The average molecular weight is 263 g/mol. The summed E-state index contributed by atoms with van der Waals surface area (Å²) in [5.41, 5.74) is 1.02. The Morgan fingerprint density at radius 3 is 3.06 bits per heavy atom. The largest absolute Gasteiger partial charge is 0.350 e. The number of hydrogen-bond donors (Lipinski definition) is 1. The van der Waals surface area contributed by atoms with Crippen molar-refractivity contribution in [2.75, 3.05) is 0 Å². The summed E-state index contributed by atoms with van der Waals surface area (Å²) in [6, 6.07) is 6.06. The summed E-state index contributed by atoms with van der Waals surface area (Å²) in [5.74, 6) is 0.104. The summed E-state index contributed by atoms with van der Waals surface area (Å²) in [4.78, 5) is 13.0. The number of nitrogens with zero attached hydrogens (tertiary/aromatic N) is 2. The summed E-state index contributed by atoms with van der Waals surface area (Å²) in [7, 11) is 1.87. The van der Waals surface area contributed by atoms with Crippen LogP contribution < -0.4 is 5.32 Å². The summed E-state index contributed by atoms with van der Waals surface area (Å²) in [5, 5.41) is 9.03. The van der Waals surface area contributed by atoms with Gasteiger partial charge in [0.25, 0.3) is 0 Å². The maximum absolute atomic E-state index is 11.6. The highest BCUT2D eigenvalue weighted by atomic mass is 32.1. The first-order chi connectivity index (χ1) is 8.75. The number of hydrogen-bond acceptors (Lipinski definition) is 3. The lowest BCUT2D eigenvalue weighted by Gasteiger charge is -2.05. The molecule has 0 aliphatic rings. The first-order valence-corrected chi connectivity index (χ1v) is 6.89. The van der Waals surface area contributed by atoms with Gasteiger partial charge in [0, 0.05) is 24.5 Å². The molecule has 0 atom stereocenters. The molecule has 0 fully saturated rings.